The van der Waals surface area contributed by atoms with Gasteiger partial charge < -0.3 is 5.11 Å². The fourth-order valence-corrected chi connectivity index (χ4v) is 2.54. The first-order valence-corrected chi connectivity index (χ1v) is 7.72. The van der Waals surface area contributed by atoms with Gasteiger partial charge in [0.25, 0.3) is 0 Å². The van der Waals surface area contributed by atoms with E-state index in [9.17, 15) is 13.5 Å². The lowest BCUT2D eigenvalue weighted by atomic mass is 10.0. The van der Waals surface area contributed by atoms with Gasteiger partial charge in [-0.15, -0.1) is 0 Å². The standard InChI is InChI=1S/C13H15NO3S/c1-18(16,17)7-6-13(15)12-9-14-8-10-4-2-3-5-11(10)12/h2-5,8-9,13,15H,6-7H2,1H3. The van der Waals surface area contributed by atoms with Crippen molar-refractivity contribution in [1.82, 2.24) is 4.98 Å². The van der Waals surface area contributed by atoms with Crippen LogP contribution in [0.1, 0.15) is 18.1 Å². The van der Waals surface area contributed by atoms with Crippen LogP contribution in [0.4, 0.5) is 0 Å². The number of benzene rings is 1. The summed E-state index contributed by atoms with van der Waals surface area (Å²) in [5.74, 6) is -0.0304. The number of pyridine rings is 1. The summed E-state index contributed by atoms with van der Waals surface area (Å²) in [5.41, 5.74) is 0.678. The molecule has 0 saturated heterocycles. The molecule has 0 saturated carbocycles. The molecule has 4 nitrogen and oxygen atoms in total. The molecule has 0 spiro atoms. The van der Waals surface area contributed by atoms with Crippen LogP contribution in [0.15, 0.2) is 36.7 Å². The Kier molecular flexibility index (Phi) is 3.63. The zero-order valence-electron chi connectivity index (χ0n) is 10.1. The SMILES string of the molecule is CS(=O)(=O)CCC(O)c1cncc2ccccc12. The summed E-state index contributed by atoms with van der Waals surface area (Å²) in [6.45, 7) is 0. The molecule has 0 amide bonds. The van der Waals surface area contributed by atoms with Gasteiger partial charge in [0.05, 0.1) is 11.9 Å². The smallest absolute Gasteiger partial charge is 0.147 e. The topological polar surface area (TPSA) is 67.3 Å². The van der Waals surface area contributed by atoms with E-state index < -0.39 is 15.9 Å². The Bertz CT molecular complexity index is 647. The van der Waals surface area contributed by atoms with Crippen LogP contribution in [0.25, 0.3) is 10.8 Å². The molecule has 0 radical (unpaired) electrons. The molecule has 2 rings (SSSR count). The van der Waals surface area contributed by atoms with Crippen LogP contribution in [-0.2, 0) is 9.84 Å². The van der Waals surface area contributed by atoms with Crippen molar-refractivity contribution >= 4 is 20.6 Å². The fraction of sp³-hybridized carbons (Fsp3) is 0.308. The molecule has 2 aromatic rings. The van der Waals surface area contributed by atoms with Crippen molar-refractivity contribution in [3.05, 3.63) is 42.2 Å². The van der Waals surface area contributed by atoms with Crippen molar-refractivity contribution in [2.75, 3.05) is 12.0 Å². The van der Waals surface area contributed by atoms with Gasteiger partial charge in [-0.05, 0) is 11.8 Å². The van der Waals surface area contributed by atoms with Crippen molar-refractivity contribution < 1.29 is 13.5 Å². The van der Waals surface area contributed by atoms with E-state index in [1.165, 1.54) is 6.26 Å². The summed E-state index contributed by atoms with van der Waals surface area (Å²) < 4.78 is 22.2. The largest absolute Gasteiger partial charge is 0.388 e. The Morgan fingerprint density at radius 3 is 2.72 bits per heavy atom. The minimum Gasteiger partial charge on any atom is -0.388 e. The molecule has 1 N–H and O–H groups in total. The van der Waals surface area contributed by atoms with Crippen molar-refractivity contribution in [3.8, 4) is 0 Å². The summed E-state index contributed by atoms with van der Waals surface area (Å²) in [6, 6.07) is 7.59. The number of hydrogen-bond donors (Lipinski definition) is 1. The zero-order valence-corrected chi connectivity index (χ0v) is 10.9. The Hall–Kier alpha value is -1.46. The van der Waals surface area contributed by atoms with Gasteiger partial charge in [0.2, 0.25) is 0 Å². The summed E-state index contributed by atoms with van der Waals surface area (Å²) in [5, 5.41) is 11.9. The number of sulfone groups is 1. The Morgan fingerprint density at radius 2 is 2.00 bits per heavy atom. The highest BCUT2D eigenvalue weighted by molar-refractivity contribution is 7.90. The molecular weight excluding hydrogens is 250 g/mol. The molecule has 0 aliphatic rings. The summed E-state index contributed by atoms with van der Waals surface area (Å²) in [7, 11) is -3.06. The van der Waals surface area contributed by atoms with Gasteiger partial charge in [0, 0.05) is 29.6 Å². The van der Waals surface area contributed by atoms with Gasteiger partial charge in [0.1, 0.15) is 9.84 Å². The number of hydrogen-bond acceptors (Lipinski definition) is 4. The number of aliphatic hydroxyl groups excluding tert-OH is 1. The average Bonchev–Trinajstić information content (AvgIpc) is 2.34. The molecule has 1 aromatic carbocycles. The van der Waals surface area contributed by atoms with Crippen LogP contribution < -0.4 is 0 Å². The van der Waals surface area contributed by atoms with Gasteiger partial charge in [0.15, 0.2) is 0 Å². The molecular formula is C13H15NO3S. The monoisotopic (exact) mass is 265 g/mol. The second-order valence-corrected chi connectivity index (χ2v) is 6.64. The van der Waals surface area contributed by atoms with E-state index in [4.69, 9.17) is 0 Å². The molecule has 0 fully saturated rings. The Labute approximate surface area is 106 Å². The van der Waals surface area contributed by atoms with Crippen molar-refractivity contribution in [3.63, 3.8) is 0 Å². The Balaban J connectivity index is 2.30. The van der Waals surface area contributed by atoms with E-state index in [-0.39, 0.29) is 12.2 Å². The third-order valence-electron chi connectivity index (χ3n) is 2.82. The Morgan fingerprint density at radius 1 is 1.28 bits per heavy atom. The minimum atomic E-state index is -3.06. The molecule has 1 atom stereocenters. The van der Waals surface area contributed by atoms with E-state index in [1.54, 1.807) is 12.4 Å². The molecule has 5 heteroatoms. The van der Waals surface area contributed by atoms with Crippen LogP contribution in [0.5, 0.6) is 0 Å². The number of fused-ring (bicyclic) bond motifs is 1. The minimum absolute atomic E-state index is 0.0304. The van der Waals surface area contributed by atoms with E-state index >= 15 is 0 Å². The molecule has 0 bridgehead atoms. The van der Waals surface area contributed by atoms with Crippen LogP contribution in [0.2, 0.25) is 0 Å². The third kappa shape index (κ3) is 3.05. The van der Waals surface area contributed by atoms with Crippen LogP contribution >= 0.6 is 0 Å². The highest BCUT2D eigenvalue weighted by Gasteiger charge is 2.14. The first-order chi connectivity index (χ1) is 8.47. The quantitative estimate of drug-likeness (QED) is 0.913. The van der Waals surface area contributed by atoms with Crippen LogP contribution in [0, 0.1) is 0 Å². The number of aromatic nitrogens is 1. The first-order valence-electron chi connectivity index (χ1n) is 5.66. The fourth-order valence-electron chi connectivity index (χ4n) is 1.89. The van der Waals surface area contributed by atoms with E-state index in [0.29, 0.717) is 5.56 Å². The van der Waals surface area contributed by atoms with Gasteiger partial charge in [-0.2, -0.15) is 0 Å². The third-order valence-corrected chi connectivity index (χ3v) is 3.80. The van der Waals surface area contributed by atoms with Gasteiger partial charge in [-0.1, -0.05) is 24.3 Å². The highest BCUT2D eigenvalue weighted by Crippen LogP contribution is 2.25. The lowest BCUT2D eigenvalue weighted by Gasteiger charge is -2.12. The zero-order chi connectivity index (χ0) is 13.2. The maximum absolute atomic E-state index is 11.1. The lowest BCUT2D eigenvalue weighted by Crippen LogP contribution is -2.09. The average molecular weight is 265 g/mol. The molecule has 18 heavy (non-hydrogen) atoms. The highest BCUT2D eigenvalue weighted by atomic mass is 32.2. The van der Waals surface area contributed by atoms with Crippen LogP contribution in [-0.4, -0.2) is 30.5 Å². The van der Waals surface area contributed by atoms with Crippen molar-refractivity contribution in [2.45, 2.75) is 12.5 Å². The van der Waals surface area contributed by atoms with Crippen molar-refractivity contribution in [2.24, 2.45) is 0 Å². The molecule has 0 aliphatic carbocycles. The second kappa shape index (κ2) is 5.04. The van der Waals surface area contributed by atoms with Gasteiger partial charge >= 0.3 is 0 Å². The van der Waals surface area contributed by atoms with E-state index in [2.05, 4.69) is 4.98 Å². The second-order valence-electron chi connectivity index (χ2n) is 4.38. The van der Waals surface area contributed by atoms with Gasteiger partial charge in [-0.25, -0.2) is 8.42 Å². The number of rotatable bonds is 4. The first kappa shape index (κ1) is 13.0. The summed E-state index contributed by atoms with van der Waals surface area (Å²) >= 11 is 0. The van der Waals surface area contributed by atoms with Crippen LogP contribution in [0.3, 0.4) is 0 Å². The van der Waals surface area contributed by atoms with E-state index in [1.807, 2.05) is 24.3 Å². The molecule has 96 valence electrons. The number of aliphatic hydroxyl groups is 1. The lowest BCUT2D eigenvalue weighted by molar-refractivity contribution is 0.175. The molecule has 0 aliphatic heterocycles. The number of nitrogens with zero attached hydrogens (tertiary/aromatic N) is 1. The van der Waals surface area contributed by atoms with E-state index in [0.717, 1.165) is 10.8 Å². The maximum atomic E-state index is 11.1. The molecule has 1 aromatic heterocycles. The molecule has 1 heterocycles. The summed E-state index contributed by atoms with van der Waals surface area (Å²) in [6.07, 6.45) is 3.87. The summed E-state index contributed by atoms with van der Waals surface area (Å²) in [4.78, 5) is 4.07. The normalized spacial score (nSPS) is 13.7. The van der Waals surface area contributed by atoms with Gasteiger partial charge in [-0.3, -0.25) is 4.98 Å². The molecule has 1 unspecified atom stereocenters. The predicted octanol–water partition coefficient (Wildman–Crippen LogP) is 1.70. The maximum Gasteiger partial charge on any atom is 0.147 e. The van der Waals surface area contributed by atoms with Crippen molar-refractivity contribution in [1.29, 1.82) is 0 Å². The predicted molar refractivity (Wildman–Crippen MR) is 71.0 cm³/mol.